The molecule has 0 radical (unpaired) electrons. The molecule has 1 nitrogen and oxygen atoms in total. The van der Waals surface area contributed by atoms with Crippen LogP contribution in [0.3, 0.4) is 0 Å². The van der Waals surface area contributed by atoms with Gasteiger partial charge in [-0.2, -0.15) is 0 Å². The summed E-state index contributed by atoms with van der Waals surface area (Å²) in [5.74, 6) is 0. The van der Waals surface area contributed by atoms with E-state index in [0.29, 0.717) is 0 Å². The molecule has 0 amide bonds. The van der Waals surface area contributed by atoms with E-state index >= 15 is 0 Å². The number of rotatable bonds is 2. The van der Waals surface area contributed by atoms with Gasteiger partial charge in [0.05, 0.1) is 0 Å². The monoisotopic (exact) mass is 175 g/mol. The fourth-order valence-corrected chi connectivity index (χ4v) is 1.58. The summed E-state index contributed by atoms with van der Waals surface area (Å²) in [5, 5.41) is 5.93. The Kier molecular flexibility index (Phi) is 8.57. The lowest BCUT2D eigenvalue weighted by molar-refractivity contribution is 0.837. The lowest BCUT2D eigenvalue weighted by atomic mass is 10.4. The van der Waals surface area contributed by atoms with Crippen molar-refractivity contribution < 1.29 is 0 Å². The maximum absolute atomic E-state index is 5.93. The molecule has 2 N–H and O–H groups in total. The summed E-state index contributed by atoms with van der Waals surface area (Å²) in [6.45, 7) is 13.1. The van der Waals surface area contributed by atoms with Gasteiger partial charge >= 0.3 is 0 Å². The minimum absolute atomic E-state index is 0.766. The van der Waals surface area contributed by atoms with Crippen molar-refractivity contribution in [2.75, 3.05) is 0 Å². The second kappa shape index (κ2) is 6.86. The topological polar surface area (TPSA) is 26.0 Å². The van der Waals surface area contributed by atoms with Crippen LogP contribution in [0.2, 0.25) is 18.6 Å². The molecule has 11 heavy (non-hydrogen) atoms. The third kappa shape index (κ3) is 10.2. The molecule has 0 aromatic heterocycles. The van der Waals surface area contributed by atoms with Crippen molar-refractivity contribution in [1.29, 1.82) is 0 Å². The lowest BCUT2D eigenvalue weighted by Gasteiger charge is -2.22. The molecule has 2 heteroatoms. The summed E-state index contributed by atoms with van der Waals surface area (Å²) in [7, 11) is -1.26. The summed E-state index contributed by atoms with van der Waals surface area (Å²) in [5.41, 5.74) is 0.766. The molecule has 1 atom stereocenters. The Balaban J connectivity index is 0. The molecule has 70 valence electrons. The highest BCUT2D eigenvalue weighted by molar-refractivity contribution is 6.75. The van der Waals surface area contributed by atoms with E-state index in [1.165, 1.54) is 12.8 Å². The Morgan fingerprint density at radius 2 is 1.45 bits per heavy atom. The van der Waals surface area contributed by atoms with E-state index in [4.69, 9.17) is 5.40 Å². The zero-order valence-electron chi connectivity index (χ0n) is 9.07. The zero-order chi connectivity index (χ0) is 9.49. The van der Waals surface area contributed by atoms with Crippen LogP contribution >= 0.6 is 0 Å². The first-order valence-electron chi connectivity index (χ1n) is 4.68. The van der Waals surface area contributed by atoms with Crippen LogP contribution in [0.15, 0.2) is 0 Å². The zero-order valence-corrected chi connectivity index (χ0v) is 10.1. The van der Waals surface area contributed by atoms with E-state index in [1.807, 2.05) is 0 Å². The van der Waals surface area contributed by atoms with Gasteiger partial charge in [-0.1, -0.05) is 53.6 Å². The molecule has 0 bridgehead atoms. The van der Waals surface area contributed by atoms with Gasteiger partial charge in [0.25, 0.3) is 0 Å². The van der Waals surface area contributed by atoms with Crippen LogP contribution < -0.4 is 5.40 Å². The van der Waals surface area contributed by atoms with Crippen LogP contribution in [0.25, 0.3) is 0 Å². The molecule has 0 heterocycles. The van der Waals surface area contributed by atoms with Gasteiger partial charge in [0.2, 0.25) is 0 Å². The van der Waals surface area contributed by atoms with Gasteiger partial charge in [0, 0.05) is 0 Å². The van der Waals surface area contributed by atoms with E-state index in [2.05, 4.69) is 40.8 Å². The van der Waals surface area contributed by atoms with Gasteiger partial charge < -0.3 is 5.40 Å². The van der Waals surface area contributed by atoms with E-state index in [9.17, 15) is 0 Å². The van der Waals surface area contributed by atoms with Gasteiger partial charge in [-0.25, -0.2) is 0 Å². The first-order valence-corrected chi connectivity index (χ1v) is 7.84. The van der Waals surface area contributed by atoms with Gasteiger partial charge in [0.15, 0.2) is 0 Å². The van der Waals surface area contributed by atoms with Gasteiger partial charge in [0.1, 0.15) is 8.24 Å². The van der Waals surface area contributed by atoms with Crippen molar-refractivity contribution in [1.82, 2.24) is 0 Å². The number of hydrogen-bond acceptors (Lipinski definition) is 1. The summed E-state index contributed by atoms with van der Waals surface area (Å²) >= 11 is 0. The highest BCUT2D eigenvalue weighted by Crippen LogP contribution is 2.18. The molecule has 0 aromatic rings. The average Bonchev–Trinajstić information content (AvgIpc) is 1.86. The Hall–Kier alpha value is 0.177. The summed E-state index contributed by atoms with van der Waals surface area (Å²) < 4.78 is 0. The minimum Gasteiger partial charge on any atom is -0.351 e. The maximum Gasteiger partial charge on any atom is 0.119 e. The standard InChI is InChI=1S/C6H17NSi.C3H8/c1-5-6(2)8(3,4)7;1-3-2/h6H,5,7H2,1-4H3;3H2,1-2H3. The molecule has 0 spiro atoms. The fourth-order valence-electron chi connectivity index (χ4n) is 0.526. The van der Waals surface area contributed by atoms with E-state index in [-0.39, 0.29) is 0 Å². The van der Waals surface area contributed by atoms with Crippen molar-refractivity contribution >= 4 is 8.24 Å². The van der Waals surface area contributed by atoms with E-state index in [1.54, 1.807) is 0 Å². The quantitative estimate of drug-likeness (QED) is 0.640. The maximum atomic E-state index is 5.93. The molecule has 0 aromatic carbocycles. The largest absolute Gasteiger partial charge is 0.351 e. The summed E-state index contributed by atoms with van der Waals surface area (Å²) in [6, 6.07) is 0. The molecule has 1 unspecified atom stereocenters. The second-order valence-electron chi connectivity index (χ2n) is 3.84. The van der Waals surface area contributed by atoms with Gasteiger partial charge in [-0.15, -0.1) is 0 Å². The third-order valence-electron chi connectivity index (χ3n) is 1.88. The molecule has 0 aliphatic heterocycles. The SMILES string of the molecule is CCC.CCC(C)[Si](C)(C)N. The third-order valence-corrected chi connectivity index (χ3v) is 4.83. The molecule has 0 aliphatic carbocycles. The van der Waals surface area contributed by atoms with Crippen molar-refractivity contribution in [3.05, 3.63) is 0 Å². The van der Waals surface area contributed by atoms with Gasteiger partial charge in [-0.3, -0.25) is 0 Å². The first-order chi connectivity index (χ1) is 4.90. The minimum atomic E-state index is -1.26. The summed E-state index contributed by atoms with van der Waals surface area (Å²) in [4.78, 5) is 0. The molecule has 0 saturated carbocycles. The van der Waals surface area contributed by atoms with Crippen LogP contribution in [0.1, 0.15) is 40.5 Å². The highest BCUT2D eigenvalue weighted by atomic mass is 28.3. The molecule has 0 saturated heterocycles. The number of nitrogens with two attached hydrogens (primary N) is 1. The molecular weight excluding hydrogens is 150 g/mol. The smallest absolute Gasteiger partial charge is 0.119 e. The van der Waals surface area contributed by atoms with Crippen molar-refractivity contribution in [2.45, 2.75) is 59.2 Å². The predicted molar refractivity (Wildman–Crippen MR) is 57.3 cm³/mol. The highest BCUT2D eigenvalue weighted by Gasteiger charge is 2.20. The van der Waals surface area contributed by atoms with E-state index < -0.39 is 8.24 Å². The van der Waals surface area contributed by atoms with Crippen molar-refractivity contribution in [2.24, 2.45) is 5.40 Å². The molecule has 0 rings (SSSR count). The van der Waals surface area contributed by atoms with Crippen LogP contribution in [0.5, 0.6) is 0 Å². The molecule has 0 aliphatic rings. The van der Waals surface area contributed by atoms with Crippen molar-refractivity contribution in [3.8, 4) is 0 Å². The van der Waals surface area contributed by atoms with E-state index in [0.717, 1.165) is 5.54 Å². The normalized spacial score (nSPS) is 13.4. The van der Waals surface area contributed by atoms with Crippen LogP contribution in [0.4, 0.5) is 0 Å². The van der Waals surface area contributed by atoms with Crippen LogP contribution in [-0.4, -0.2) is 8.24 Å². The Labute approximate surface area is 73.5 Å². The number of hydrogen-bond donors (Lipinski definition) is 1. The predicted octanol–water partition coefficient (Wildman–Crippen LogP) is 3.37. The second-order valence-corrected chi connectivity index (χ2v) is 8.47. The Morgan fingerprint density at radius 1 is 1.18 bits per heavy atom. The summed E-state index contributed by atoms with van der Waals surface area (Å²) in [6.07, 6.45) is 2.48. The van der Waals surface area contributed by atoms with Crippen LogP contribution in [-0.2, 0) is 0 Å². The van der Waals surface area contributed by atoms with Crippen molar-refractivity contribution in [3.63, 3.8) is 0 Å². The fraction of sp³-hybridized carbons (Fsp3) is 1.00. The lowest BCUT2D eigenvalue weighted by Crippen LogP contribution is -2.42. The van der Waals surface area contributed by atoms with Gasteiger partial charge in [-0.05, 0) is 5.54 Å². The van der Waals surface area contributed by atoms with Crippen LogP contribution in [0, 0.1) is 0 Å². The average molecular weight is 175 g/mol. The first kappa shape index (κ1) is 13.7. The molecular formula is C9H25NSi. The Morgan fingerprint density at radius 3 is 1.45 bits per heavy atom. The molecule has 0 fully saturated rings. The Bertz CT molecular complexity index is 76.1.